The molecule has 13 heavy (non-hydrogen) atoms. The number of fused-ring (bicyclic) bond motifs is 1. The molecule has 1 aliphatic rings. The molecular formula is C11H11FN. The van der Waals surface area contributed by atoms with Crippen molar-refractivity contribution < 1.29 is 4.39 Å². The van der Waals surface area contributed by atoms with Gasteiger partial charge in [0.25, 0.3) is 0 Å². The van der Waals surface area contributed by atoms with Crippen molar-refractivity contribution in [2.75, 3.05) is 0 Å². The van der Waals surface area contributed by atoms with Gasteiger partial charge in [0.05, 0.1) is 5.54 Å². The number of para-hydroxylation sites is 1. The zero-order chi connectivity index (χ0) is 9.47. The summed E-state index contributed by atoms with van der Waals surface area (Å²) in [6.45, 7) is 3.91. The van der Waals surface area contributed by atoms with Crippen molar-refractivity contribution in [3.63, 3.8) is 0 Å². The lowest BCUT2D eigenvalue weighted by Gasteiger charge is -2.25. The van der Waals surface area contributed by atoms with Gasteiger partial charge in [0.2, 0.25) is 0 Å². The van der Waals surface area contributed by atoms with Gasteiger partial charge in [-0.3, -0.25) is 5.32 Å². The first-order chi connectivity index (χ1) is 6.08. The Bertz CT molecular complexity index is 366. The highest BCUT2D eigenvalue weighted by Crippen LogP contribution is 2.30. The highest BCUT2D eigenvalue weighted by Gasteiger charge is 2.23. The maximum atomic E-state index is 13.3. The third kappa shape index (κ3) is 1.44. The summed E-state index contributed by atoms with van der Waals surface area (Å²) in [7, 11) is 0. The van der Waals surface area contributed by atoms with Crippen LogP contribution >= 0.6 is 0 Å². The molecule has 0 fully saturated rings. The zero-order valence-corrected chi connectivity index (χ0v) is 7.71. The van der Waals surface area contributed by atoms with Crippen LogP contribution in [0.1, 0.15) is 19.4 Å². The van der Waals surface area contributed by atoms with Crippen molar-refractivity contribution in [3.8, 4) is 0 Å². The minimum absolute atomic E-state index is 0.241. The fourth-order valence-electron chi connectivity index (χ4n) is 1.40. The summed E-state index contributed by atoms with van der Waals surface area (Å²) in [5.74, 6) is -0.241. The Balaban J connectivity index is 2.54. The minimum atomic E-state index is -0.283. The second-order valence-electron chi connectivity index (χ2n) is 3.78. The highest BCUT2D eigenvalue weighted by molar-refractivity contribution is 5.67. The Morgan fingerprint density at radius 2 is 2.08 bits per heavy atom. The first-order valence-corrected chi connectivity index (χ1v) is 4.29. The van der Waals surface area contributed by atoms with Gasteiger partial charge < -0.3 is 0 Å². The van der Waals surface area contributed by atoms with Crippen LogP contribution in [-0.2, 0) is 0 Å². The molecule has 0 unspecified atom stereocenters. The summed E-state index contributed by atoms with van der Waals surface area (Å²) < 4.78 is 13.3. The molecule has 0 aliphatic carbocycles. The molecule has 1 nitrogen and oxygen atoms in total. The van der Waals surface area contributed by atoms with E-state index in [0.717, 1.165) is 5.56 Å². The van der Waals surface area contributed by atoms with Crippen molar-refractivity contribution in [1.29, 1.82) is 0 Å². The molecule has 0 saturated heterocycles. The summed E-state index contributed by atoms with van der Waals surface area (Å²) in [6.07, 6.45) is 3.90. The van der Waals surface area contributed by atoms with E-state index in [4.69, 9.17) is 0 Å². The quantitative estimate of drug-likeness (QED) is 0.577. The normalized spacial score (nSPS) is 17.8. The molecule has 1 aromatic carbocycles. The van der Waals surface area contributed by atoms with Crippen molar-refractivity contribution in [2.45, 2.75) is 19.4 Å². The third-order valence-electron chi connectivity index (χ3n) is 2.09. The molecule has 0 atom stereocenters. The van der Waals surface area contributed by atoms with Crippen LogP contribution in [0.15, 0.2) is 24.3 Å². The van der Waals surface area contributed by atoms with E-state index in [9.17, 15) is 4.39 Å². The first-order valence-electron chi connectivity index (χ1n) is 4.29. The average Bonchev–Trinajstić information content (AvgIpc) is 2.06. The second kappa shape index (κ2) is 2.59. The van der Waals surface area contributed by atoms with Crippen LogP contribution in [0.3, 0.4) is 0 Å². The standard InChI is InChI=1S/C11H11FN/c1-11(2)7-6-8-4-3-5-9(12)10(8)13-11/h3-7H,1-2H3. The smallest absolute Gasteiger partial charge is 0.149 e. The maximum absolute atomic E-state index is 13.3. The Morgan fingerprint density at radius 3 is 2.85 bits per heavy atom. The van der Waals surface area contributed by atoms with E-state index in [2.05, 4.69) is 5.32 Å². The van der Waals surface area contributed by atoms with E-state index < -0.39 is 0 Å². The van der Waals surface area contributed by atoms with Gasteiger partial charge in [0.15, 0.2) is 0 Å². The lowest BCUT2D eigenvalue weighted by Crippen LogP contribution is -2.30. The second-order valence-corrected chi connectivity index (χ2v) is 3.78. The van der Waals surface area contributed by atoms with E-state index in [0.29, 0.717) is 5.69 Å². The fraction of sp³-hybridized carbons (Fsp3) is 0.273. The SMILES string of the molecule is CC1(C)C=Cc2cccc(F)c2[N]1. The van der Waals surface area contributed by atoms with Crippen molar-refractivity contribution in [2.24, 2.45) is 0 Å². The summed E-state index contributed by atoms with van der Waals surface area (Å²) in [4.78, 5) is 0. The predicted molar refractivity (Wildman–Crippen MR) is 51.3 cm³/mol. The van der Waals surface area contributed by atoms with Gasteiger partial charge in [-0.05, 0) is 19.9 Å². The van der Waals surface area contributed by atoms with E-state index >= 15 is 0 Å². The fourth-order valence-corrected chi connectivity index (χ4v) is 1.40. The van der Waals surface area contributed by atoms with Crippen molar-refractivity contribution in [3.05, 3.63) is 35.7 Å². The van der Waals surface area contributed by atoms with Crippen LogP contribution < -0.4 is 5.32 Å². The number of halogens is 1. The zero-order valence-electron chi connectivity index (χ0n) is 7.71. The Kier molecular flexibility index (Phi) is 1.65. The molecule has 0 bridgehead atoms. The van der Waals surface area contributed by atoms with E-state index in [1.165, 1.54) is 6.07 Å². The number of rotatable bonds is 0. The molecule has 1 aliphatic heterocycles. The van der Waals surface area contributed by atoms with Crippen LogP contribution in [0.2, 0.25) is 0 Å². The van der Waals surface area contributed by atoms with Crippen molar-refractivity contribution >= 4 is 11.8 Å². The first kappa shape index (κ1) is 8.30. The van der Waals surface area contributed by atoms with Gasteiger partial charge >= 0.3 is 0 Å². The molecule has 0 N–H and O–H groups in total. The van der Waals surface area contributed by atoms with E-state index in [1.54, 1.807) is 6.07 Å². The molecule has 1 heterocycles. The molecule has 0 saturated carbocycles. The van der Waals surface area contributed by atoms with E-state index in [1.807, 2.05) is 32.1 Å². The Labute approximate surface area is 77.3 Å². The number of hydrogen-bond acceptors (Lipinski definition) is 0. The highest BCUT2D eigenvalue weighted by atomic mass is 19.1. The van der Waals surface area contributed by atoms with Gasteiger partial charge in [-0.15, -0.1) is 0 Å². The topological polar surface area (TPSA) is 14.1 Å². The molecule has 67 valence electrons. The van der Waals surface area contributed by atoms with Crippen LogP contribution in [0.5, 0.6) is 0 Å². The van der Waals surface area contributed by atoms with Gasteiger partial charge in [-0.25, -0.2) is 4.39 Å². The molecule has 0 amide bonds. The summed E-state index contributed by atoms with van der Waals surface area (Å²) >= 11 is 0. The molecule has 2 heteroatoms. The molecule has 2 rings (SSSR count). The number of benzene rings is 1. The molecule has 0 spiro atoms. The van der Waals surface area contributed by atoms with Crippen LogP contribution in [0.25, 0.3) is 6.08 Å². The van der Waals surface area contributed by atoms with Gasteiger partial charge in [0, 0.05) is 5.56 Å². The lowest BCUT2D eigenvalue weighted by molar-refractivity contribution is 0.521. The predicted octanol–water partition coefficient (Wildman–Crippen LogP) is 2.87. The van der Waals surface area contributed by atoms with Crippen LogP contribution in [0.4, 0.5) is 10.1 Å². The van der Waals surface area contributed by atoms with Crippen LogP contribution in [0, 0.1) is 5.82 Å². The average molecular weight is 176 g/mol. The lowest BCUT2D eigenvalue weighted by atomic mass is 9.97. The van der Waals surface area contributed by atoms with Gasteiger partial charge in [-0.1, -0.05) is 24.3 Å². The molecule has 1 aromatic rings. The monoisotopic (exact) mass is 176 g/mol. The van der Waals surface area contributed by atoms with Gasteiger partial charge in [0.1, 0.15) is 11.5 Å². The summed E-state index contributed by atoms with van der Waals surface area (Å²) in [6, 6.07) is 5.01. The molecular weight excluding hydrogens is 165 g/mol. The summed E-state index contributed by atoms with van der Waals surface area (Å²) in [5, 5.41) is 4.32. The molecule has 1 radical (unpaired) electrons. The Morgan fingerprint density at radius 1 is 1.31 bits per heavy atom. The van der Waals surface area contributed by atoms with Gasteiger partial charge in [-0.2, -0.15) is 0 Å². The number of hydrogen-bond donors (Lipinski definition) is 0. The van der Waals surface area contributed by atoms with Crippen LogP contribution in [-0.4, -0.2) is 5.54 Å². The number of nitrogens with zero attached hydrogens (tertiary/aromatic N) is 1. The summed E-state index contributed by atoms with van der Waals surface area (Å²) in [5.41, 5.74) is 1.06. The molecule has 0 aromatic heterocycles. The van der Waals surface area contributed by atoms with E-state index in [-0.39, 0.29) is 11.4 Å². The third-order valence-corrected chi connectivity index (χ3v) is 2.09. The largest absolute Gasteiger partial charge is 0.271 e. The van der Waals surface area contributed by atoms with Crippen molar-refractivity contribution in [1.82, 2.24) is 5.32 Å². The Hall–Kier alpha value is -1.31. The maximum Gasteiger partial charge on any atom is 0.149 e. The minimum Gasteiger partial charge on any atom is -0.271 e.